The minimum absolute atomic E-state index is 0. The lowest BCUT2D eigenvalue weighted by molar-refractivity contribution is 0.122. The molecule has 4 rings (SSSR count). The first-order valence-corrected chi connectivity index (χ1v) is 7.59. The summed E-state index contributed by atoms with van der Waals surface area (Å²) >= 11 is 0. The van der Waals surface area contributed by atoms with Gasteiger partial charge in [0.15, 0.2) is 0 Å². The van der Waals surface area contributed by atoms with E-state index in [0.29, 0.717) is 11.8 Å². The molecular formula is C16H25N3O2. The van der Waals surface area contributed by atoms with E-state index in [4.69, 9.17) is 4.74 Å². The largest absolute Gasteiger partial charge is 0.378 e. The third-order valence-electron chi connectivity index (χ3n) is 4.82. The molecule has 1 aromatic heterocycles. The maximum Gasteiger partial charge on any atom is 0.252 e. The summed E-state index contributed by atoms with van der Waals surface area (Å²) in [7, 11) is 0. The summed E-state index contributed by atoms with van der Waals surface area (Å²) < 4.78 is 7.40. The highest BCUT2D eigenvalue weighted by Crippen LogP contribution is 2.33. The van der Waals surface area contributed by atoms with E-state index in [1.807, 2.05) is 10.6 Å². The van der Waals surface area contributed by atoms with Crippen LogP contribution in [0.2, 0.25) is 0 Å². The Balaban J connectivity index is 0.00000132. The molecule has 3 aliphatic rings. The van der Waals surface area contributed by atoms with Gasteiger partial charge in [-0.3, -0.25) is 4.79 Å². The number of pyridine rings is 1. The summed E-state index contributed by atoms with van der Waals surface area (Å²) in [5, 5.41) is 3.50. The number of rotatable bonds is 1. The van der Waals surface area contributed by atoms with Crippen molar-refractivity contribution >= 4 is 5.69 Å². The third-order valence-corrected chi connectivity index (χ3v) is 4.82. The Hall–Kier alpha value is -1.33. The Kier molecular flexibility index (Phi) is 4.04. The van der Waals surface area contributed by atoms with E-state index in [9.17, 15) is 4.79 Å². The molecular weight excluding hydrogens is 266 g/mol. The number of nitrogens with one attached hydrogen (secondary N) is 1. The summed E-state index contributed by atoms with van der Waals surface area (Å²) in [5.41, 5.74) is 2.47. The maximum absolute atomic E-state index is 12.4. The van der Waals surface area contributed by atoms with E-state index in [1.54, 1.807) is 0 Å². The predicted molar refractivity (Wildman–Crippen MR) is 84.2 cm³/mol. The van der Waals surface area contributed by atoms with Gasteiger partial charge in [-0.05, 0) is 24.9 Å². The van der Waals surface area contributed by atoms with Gasteiger partial charge in [-0.1, -0.05) is 7.43 Å². The van der Waals surface area contributed by atoms with Crippen molar-refractivity contribution in [2.45, 2.75) is 26.3 Å². The molecule has 1 unspecified atom stereocenters. The molecule has 0 saturated carbocycles. The molecule has 2 atom stereocenters. The predicted octanol–water partition coefficient (Wildman–Crippen LogP) is 1.03. The highest BCUT2D eigenvalue weighted by Gasteiger charge is 2.31. The zero-order chi connectivity index (χ0) is 13.5. The Labute approximate surface area is 125 Å². The van der Waals surface area contributed by atoms with Crippen molar-refractivity contribution < 1.29 is 4.74 Å². The van der Waals surface area contributed by atoms with Gasteiger partial charge in [0.2, 0.25) is 0 Å². The Morgan fingerprint density at radius 1 is 1.19 bits per heavy atom. The number of ether oxygens (including phenoxy) is 1. The minimum atomic E-state index is 0. The molecule has 1 N–H and O–H groups in total. The smallest absolute Gasteiger partial charge is 0.252 e. The molecule has 0 aromatic carbocycles. The van der Waals surface area contributed by atoms with Gasteiger partial charge in [0, 0.05) is 49.5 Å². The number of piperidine rings is 1. The highest BCUT2D eigenvalue weighted by molar-refractivity contribution is 5.48. The van der Waals surface area contributed by atoms with Gasteiger partial charge < -0.3 is 19.5 Å². The molecule has 5 heteroatoms. The van der Waals surface area contributed by atoms with Gasteiger partial charge in [-0.15, -0.1) is 0 Å². The topological polar surface area (TPSA) is 46.5 Å². The van der Waals surface area contributed by atoms with Crippen molar-refractivity contribution in [3.05, 3.63) is 28.2 Å². The Morgan fingerprint density at radius 2 is 2.00 bits per heavy atom. The van der Waals surface area contributed by atoms with E-state index in [1.165, 1.54) is 12.1 Å². The van der Waals surface area contributed by atoms with Crippen molar-refractivity contribution in [2.24, 2.45) is 5.92 Å². The number of morpholine rings is 1. The second-order valence-corrected chi connectivity index (χ2v) is 6.14. The van der Waals surface area contributed by atoms with Gasteiger partial charge in [0.1, 0.15) is 0 Å². The van der Waals surface area contributed by atoms with Crippen molar-refractivity contribution in [2.75, 3.05) is 44.3 Å². The summed E-state index contributed by atoms with van der Waals surface area (Å²) in [6, 6.07) is 4.05. The first-order valence-electron chi connectivity index (χ1n) is 7.59. The fourth-order valence-electron chi connectivity index (χ4n) is 3.79. The zero-order valence-electron chi connectivity index (χ0n) is 11.7. The van der Waals surface area contributed by atoms with Crippen LogP contribution in [-0.2, 0) is 11.3 Å². The van der Waals surface area contributed by atoms with Gasteiger partial charge in [-0.2, -0.15) is 0 Å². The van der Waals surface area contributed by atoms with Crippen LogP contribution in [0.3, 0.4) is 0 Å². The number of fused-ring (bicyclic) bond motifs is 4. The molecule has 0 aliphatic carbocycles. The van der Waals surface area contributed by atoms with E-state index in [-0.39, 0.29) is 13.0 Å². The van der Waals surface area contributed by atoms with Crippen molar-refractivity contribution in [1.82, 2.24) is 9.88 Å². The van der Waals surface area contributed by atoms with Gasteiger partial charge in [0.05, 0.1) is 13.2 Å². The summed E-state index contributed by atoms with van der Waals surface area (Å²) in [6.07, 6.45) is 1.22. The minimum Gasteiger partial charge on any atom is -0.378 e. The van der Waals surface area contributed by atoms with Crippen LogP contribution in [0, 0.1) is 5.92 Å². The lowest BCUT2D eigenvalue weighted by Crippen LogP contribution is -2.45. The van der Waals surface area contributed by atoms with Gasteiger partial charge in [-0.25, -0.2) is 0 Å². The van der Waals surface area contributed by atoms with Crippen LogP contribution < -0.4 is 15.8 Å². The summed E-state index contributed by atoms with van der Waals surface area (Å²) in [6.45, 7) is 6.21. The number of aromatic nitrogens is 1. The van der Waals surface area contributed by atoms with Crippen LogP contribution in [0.4, 0.5) is 5.69 Å². The van der Waals surface area contributed by atoms with Crippen LogP contribution in [0.25, 0.3) is 0 Å². The fraction of sp³-hybridized carbons (Fsp3) is 0.688. The zero-order valence-corrected chi connectivity index (χ0v) is 11.7. The summed E-state index contributed by atoms with van der Waals surface area (Å²) in [5.74, 6) is 1.12. The molecule has 0 radical (unpaired) electrons. The van der Waals surface area contributed by atoms with E-state index in [0.717, 1.165) is 51.6 Å². The SMILES string of the molecule is C.O=c1cc(N2CCOCC2)cc2n1CC1CNC[C@@H]2C1. The van der Waals surface area contributed by atoms with Crippen molar-refractivity contribution in [3.8, 4) is 0 Å². The summed E-state index contributed by atoms with van der Waals surface area (Å²) in [4.78, 5) is 14.7. The third kappa shape index (κ3) is 2.60. The molecule has 4 heterocycles. The maximum atomic E-state index is 12.4. The lowest BCUT2D eigenvalue weighted by Gasteiger charge is -2.38. The fourth-order valence-corrected chi connectivity index (χ4v) is 3.79. The van der Waals surface area contributed by atoms with Crippen LogP contribution in [0.1, 0.15) is 25.5 Å². The first-order chi connectivity index (χ1) is 9.81. The molecule has 0 spiro atoms. The van der Waals surface area contributed by atoms with Gasteiger partial charge in [0.25, 0.3) is 5.56 Å². The van der Waals surface area contributed by atoms with Crippen LogP contribution in [0.5, 0.6) is 0 Å². The Morgan fingerprint density at radius 3 is 2.81 bits per heavy atom. The molecule has 2 saturated heterocycles. The first kappa shape index (κ1) is 14.6. The molecule has 21 heavy (non-hydrogen) atoms. The molecule has 0 amide bonds. The molecule has 116 valence electrons. The number of hydrogen-bond donors (Lipinski definition) is 1. The Bertz CT molecular complexity index is 563. The van der Waals surface area contributed by atoms with Crippen molar-refractivity contribution in [1.29, 1.82) is 0 Å². The van der Waals surface area contributed by atoms with E-state index in [2.05, 4.69) is 16.3 Å². The number of anilines is 1. The quantitative estimate of drug-likeness (QED) is 0.839. The van der Waals surface area contributed by atoms with E-state index >= 15 is 0 Å². The van der Waals surface area contributed by atoms with Gasteiger partial charge >= 0.3 is 0 Å². The number of nitrogens with zero attached hydrogens (tertiary/aromatic N) is 2. The molecule has 2 bridgehead atoms. The standard InChI is InChI=1S/C15H21N3O2.CH4/c19-15-7-13(17-1-3-20-4-2-17)6-14-12-5-11(8-16-9-12)10-18(14)15;/h6-7,11-12,16H,1-5,8-10H2;1H4/t11?,12-;/m0./s1. The molecule has 3 aliphatic heterocycles. The lowest BCUT2D eigenvalue weighted by atomic mass is 9.84. The number of hydrogen-bond acceptors (Lipinski definition) is 4. The van der Waals surface area contributed by atoms with Crippen LogP contribution in [-0.4, -0.2) is 44.0 Å². The second-order valence-electron chi connectivity index (χ2n) is 6.14. The highest BCUT2D eigenvalue weighted by atomic mass is 16.5. The second kappa shape index (κ2) is 5.81. The molecule has 1 aromatic rings. The average Bonchev–Trinajstić information content (AvgIpc) is 2.49. The molecule has 5 nitrogen and oxygen atoms in total. The van der Waals surface area contributed by atoms with Crippen LogP contribution >= 0.6 is 0 Å². The molecule has 2 fully saturated rings. The average molecular weight is 291 g/mol. The van der Waals surface area contributed by atoms with Crippen LogP contribution in [0.15, 0.2) is 16.9 Å². The normalized spacial score (nSPS) is 27.7. The monoisotopic (exact) mass is 291 g/mol. The van der Waals surface area contributed by atoms with Crippen molar-refractivity contribution in [3.63, 3.8) is 0 Å². The van der Waals surface area contributed by atoms with E-state index < -0.39 is 0 Å².